The zero-order chi connectivity index (χ0) is 47.3. The van der Waals surface area contributed by atoms with Crippen molar-refractivity contribution in [3.05, 3.63) is 270 Å². The normalized spacial score (nSPS) is 13.7. The number of hydrogen-bond donors (Lipinski definition) is 0. The van der Waals surface area contributed by atoms with Crippen molar-refractivity contribution in [3.63, 3.8) is 0 Å². The number of rotatable bonds is 7. The molecule has 0 radical (unpaired) electrons. The Morgan fingerprint density at radius 1 is 0.338 bits per heavy atom. The first-order chi connectivity index (χ1) is 35.0. The van der Waals surface area contributed by atoms with E-state index >= 15 is 0 Å². The van der Waals surface area contributed by atoms with Gasteiger partial charge in [-0.15, -0.1) is 11.3 Å². The fourth-order valence-electron chi connectivity index (χ4n) is 12.1. The molecule has 0 spiro atoms. The lowest BCUT2D eigenvalue weighted by molar-refractivity contribution is 0.661. The van der Waals surface area contributed by atoms with Gasteiger partial charge in [0.2, 0.25) is 0 Å². The number of nitrogens with zero attached hydrogens (tertiary/aromatic N) is 3. The number of benzene rings is 10. The second-order valence-electron chi connectivity index (χ2n) is 19.4. The van der Waals surface area contributed by atoms with Crippen LogP contribution in [0, 0.1) is 0 Å². The summed E-state index contributed by atoms with van der Waals surface area (Å²) in [7, 11) is 0. The minimum Gasteiger partial charge on any atom is -0.208 e. The first kappa shape index (κ1) is 41.4. The molecule has 0 unspecified atom stereocenters. The summed E-state index contributed by atoms with van der Waals surface area (Å²) in [5.41, 5.74) is 18.8. The molecular weight excluding hydrogens is 879 g/mol. The Morgan fingerprint density at radius 3 is 1.62 bits per heavy atom. The average molecular weight is 924 g/mol. The third-order valence-corrected chi connectivity index (χ3v) is 16.4. The Balaban J connectivity index is 1.05. The van der Waals surface area contributed by atoms with Crippen molar-refractivity contribution in [3.8, 4) is 78.7 Å². The number of fused-ring (bicyclic) bond motifs is 9. The van der Waals surface area contributed by atoms with Gasteiger partial charge in [0.15, 0.2) is 17.5 Å². The number of hydrogen-bond acceptors (Lipinski definition) is 4. The predicted octanol–water partition coefficient (Wildman–Crippen LogP) is 17.2. The Morgan fingerprint density at radius 2 is 0.873 bits per heavy atom. The molecule has 0 saturated heterocycles. The minimum atomic E-state index is -0.649. The van der Waals surface area contributed by atoms with Crippen molar-refractivity contribution in [2.24, 2.45) is 0 Å². The Kier molecular flexibility index (Phi) is 9.33. The molecule has 0 bridgehead atoms. The molecule has 2 aromatic heterocycles. The Bertz CT molecular complexity index is 4020. The summed E-state index contributed by atoms with van der Waals surface area (Å²) < 4.78 is 2.62. The van der Waals surface area contributed by atoms with Crippen molar-refractivity contribution >= 4 is 31.5 Å². The molecular formula is C67H45N3S. The van der Waals surface area contributed by atoms with Gasteiger partial charge >= 0.3 is 0 Å². The summed E-state index contributed by atoms with van der Waals surface area (Å²) in [6, 6.07) is 86.2. The predicted molar refractivity (Wildman–Crippen MR) is 295 cm³/mol. The molecule has 12 aromatic rings. The van der Waals surface area contributed by atoms with Crippen LogP contribution in [0.4, 0.5) is 0 Å². The first-order valence-corrected chi connectivity index (χ1v) is 25.2. The van der Waals surface area contributed by atoms with Crippen molar-refractivity contribution in [1.82, 2.24) is 15.0 Å². The van der Waals surface area contributed by atoms with Gasteiger partial charge in [-0.3, -0.25) is 0 Å². The lowest BCUT2D eigenvalue weighted by Gasteiger charge is -2.34. The Hall–Kier alpha value is -8.57. The van der Waals surface area contributed by atoms with Crippen LogP contribution in [0.15, 0.2) is 237 Å². The van der Waals surface area contributed by atoms with Crippen LogP contribution in [0.2, 0.25) is 0 Å². The zero-order valence-electron chi connectivity index (χ0n) is 39.3. The van der Waals surface area contributed by atoms with E-state index in [1.807, 2.05) is 17.4 Å². The maximum absolute atomic E-state index is 5.66. The van der Waals surface area contributed by atoms with Crippen LogP contribution in [0.25, 0.3) is 98.8 Å². The highest BCUT2D eigenvalue weighted by Gasteiger charge is 2.47. The van der Waals surface area contributed by atoms with Gasteiger partial charge in [0, 0.05) is 42.3 Å². The van der Waals surface area contributed by atoms with Gasteiger partial charge in [0.1, 0.15) is 0 Å². The monoisotopic (exact) mass is 923 g/mol. The number of thiophene rings is 1. The molecule has 0 amide bonds. The summed E-state index contributed by atoms with van der Waals surface area (Å²) in [6.45, 7) is 4.66. The second-order valence-corrected chi connectivity index (χ2v) is 20.5. The lowest BCUT2D eigenvalue weighted by atomic mass is 9.67. The molecule has 2 heterocycles. The number of aromatic nitrogens is 3. The fraction of sp³-hybridized carbons (Fsp3) is 0.0597. The van der Waals surface area contributed by atoms with Gasteiger partial charge in [-0.1, -0.05) is 232 Å². The first-order valence-electron chi connectivity index (χ1n) is 24.4. The highest BCUT2D eigenvalue weighted by Crippen LogP contribution is 2.59. The van der Waals surface area contributed by atoms with Gasteiger partial charge in [-0.2, -0.15) is 0 Å². The van der Waals surface area contributed by atoms with Crippen LogP contribution < -0.4 is 0 Å². The summed E-state index contributed by atoms with van der Waals surface area (Å²) in [5.74, 6) is 1.94. The van der Waals surface area contributed by atoms with E-state index in [0.717, 1.165) is 33.4 Å². The van der Waals surface area contributed by atoms with Gasteiger partial charge in [-0.25, -0.2) is 15.0 Å². The van der Waals surface area contributed by atoms with Crippen molar-refractivity contribution in [2.45, 2.75) is 24.7 Å². The molecule has 0 atom stereocenters. The van der Waals surface area contributed by atoms with E-state index in [4.69, 9.17) is 15.0 Å². The topological polar surface area (TPSA) is 38.7 Å². The molecule has 4 heteroatoms. The second kappa shape index (κ2) is 16.0. The molecule has 71 heavy (non-hydrogen) atoms. The van der Waals surface area contributed by atoms with Crippen LogP contribution in [0.1, 0.15) is 47.2 Å². The van der Waals surface area contributed by atoms with E-state index in [1.165, 1.54) is 81.4 Å². The smallest absolute Gasteiger partial charge is 0.164 e. The van der Waals surface area contributed by atoms with Crippen LogP contribution >= 0.6 is 11.3 Å². The van der Waals surface area contributed by atoms with Crippen LogP contribution in [-0.2, 0) is 10.8 Å². The molecule has 0 N–H and O–H groups in total. The largest absolute Gasteiger partial charge is 0.208 e. The van der Waals surface area contributed by atoms with E-state index in [1.54, 1.807) is 0 Å². The highest BCUT2D eigenvalue weighted by molar-refractivity contribution is 7.26. The van der Waals surface area contributed by atoms with Gasteiger partial charge in [0.25, 0.3) is 0 Å². The van der Waals surface area contributed by atoms with E-state index in [0.29, 0.717) is 17.5 Å². The maximum atomic E-state index is 5.66. The third-order valence-electron chi connectivity index (χ3n) is 15.2. The van der Waals surface area contributed by atoms with E-state index in [9.17, 15) is 0 Å². The zero-order valence-corrected chi connectivity index (χ0v) is 40.1. The van der Waals surface area contributed by atoms with E-state index < -0.39 is 5.41 Å². The van der Waals surface area contributed by atoms with Gasteiger partial charge in [-0.05, 0) is 96.1 Å². The minimum absolute atomic E-state index is 0.276. The molecule has 0 aliphatic heterocycles. The molecule has 14 rings (SSSR count). The summed E-state index contributed by atoms with van der Waals surface area (Å²) in [4.78, 5) is 16.6. The summed E-state index contributed by atoms with van der Waals surface area (Å²) >= 11 is 1.87. The quantitative estimate of drug-likeness (QED) is 0.160. The summed E-state index contributed by atoms with van der Waals surface area (Å²) in [6.07, 6.45) is 0. The molecule has 334 valence electrons. The van der Waals surface area contributed by atoms with Gasteiger partial charge in [0.05, 0.1) is 5.41 Å². The molecule has 2 aliphatic rings. The van der Waals surface area contributed by atoms with Crippen molar-refractivity contribution in [2.75, 3.05) is 0 Å². The lowest BCUT2D eigenvalue weighted by Crippen LogP contribution is -2.28. The molecule has 2 aliphatic carbocycles. The molecule has 0 fully saturated rings. The maximum Gasteiger partial charge on any atom is 0.164 e. The fourth-order valence-corrected chi connectivity index (χ4v) is 13.3. The Labute approximate surface area is 417 Å². The summed E-state index contributed by atoms with van der Waals surface area (Å²) in [5, 5.41) is 2.61. The highest BCUT2D eigenvalue weighted by atomic mass is 32.1. The SMILES string of the molecule is CC1(C)c2ccccc2-c2cccc(-c3nc(-c4ccccc4)nc(-c4cc(-c5ccc(-c6cccc7c6sc6ccccc67)cc5)cc5c4-c4ccccc4C5(c4ccccc4)c4ccccc4)n3)c21. The average Bonchev–Trinajstić information content (AvgIpc) is 4.06. The van der Waals surface area contributed by atoms with Crippen LogP contribution in [-0.4, -0.2) is 15.0 Å². The van der Waals surface area contributed by atoms with E-state index in [-0.39, 0.29) is 5.41 Å². The third kappa shape index (κ3) is 6.24. The molecule has 10 aromatic carbocycles. The van der Waals surface area contributed by atoms with Crippen molar-refractivity contribution < 1.29 is 0 Å². The van der Waals surface area contributed by atoms with Crippen molar-refractivity contribution in [1.29, 1.82) is 0 Å². The van der Waals surface area contributed by atoms with Crippen LogP contribution in [0.5, 0.6) is 0 Å². The molecule has 0 saturated carbocycles. The standard InChI is InChI=1S/C67H45N3S/c1-66(2)56-33-15-12-26-49(56)51-30-19-32-54(61(51)66)64-68-63(44-20-6-3-7-21-44)69-65(70-64)55-40-45(42-36-38-43(39-37-42)48-29-18-31-52-50-27-14-17-35-59(50)71-62(48)52)41-58-60(55)53-28-13-16-34-57(53)67(58,46-22-8-4-9-23-46)47-24-10-5-11-25-47/h3-41H,1-2H3. The van der Waals surface area contributed by atoms with Crippen LogP contribution in [0.3, 0.4) is 0 Å². The molecule has 3 nitrogen and oxygen atoms in total. The van der Waals surface area contributed by atoms with E-state index in [2.05, 4.69) is 244 Å². The van der Waals surface area contributed by atoms with Gasteiger partial charge < -0.3 is 0 Å².